The van der Waals surface area contributed by atoms with E-state index in [0.717, 1.165) is 26.5 Å². The van der Waals surface area contributed by atoms with Crippen molar-refractivity contribution >= 4 is 26.8 Å². The van der Waals surface area contributed by atoms with Crippen LogP contribution in [-0.4, -0.2) is 38.4 Å². The van der Waals surface area contributed by atoms with Crippen LogP contribution in [0.5, 0.6) is 23.4 Å². The summed E-state index contributed by atoms with van der Waals surface area (Å²) in [5.41, 5.74) is 2.64. The molecule has 2 aromatic heterocycles. The van der Waals surface area contributed by atoms with Gasteiger partial charge in [-0.05, 0) is 30.3 Å². The van der Waals surface area contributed by atoms with Crippen LogP contribution in [0.15, 0.2) is 34.8 Å². The molecule has 1 aromatic carbocycles. The van der Waals surface area contributed by atoms with Gasteiger partial charge in [0.1, 0.15) is 0 Å². The van der Waals surface area contributed by atoms with Crippen molar-refractivity contribution in [2.24, 2.45) is 0 Å². The molecule has 6 nitrogen and oxygen atoms in total. The fraction of sp³-hybridized carbons (Fsp3) is 0.263. The van der Waals surface area contributed by atoms with E-state index in [2.05, 4.69) is 32.0 Å². The molecule has 0 N–H and O–H groups in total. The number of hydrogen-bond donors (Lipinski definition) is 0. The summed E-state index contributed by atoms with van der Waals surface area (Å²) in [5, 5.41) is 1.02. The molecule has 0 radical (unpaired) electrons. The van der Waals surface area contributed by atoms with Crippen LogP contribution in [0.25, 0.3) is 10.9 Å². The minimum Gasteiger partial charge on any atom is -0.491 e. The highest BCUT2D eigenvalue weighted by molar-refractivity contribution is 9.10. The summed E-state index contributed by atoms with van der Waals surface area (Å²) < 4.78 is 22.5. The number of pyridine rings is 2. The Morgan fingerprint density at radius 3 is 2.08 bits per heavy atom. The van der Waals surface area contributed by atoms with Crippen molar-refractivity contribution in [2.45, 2.75) is 6.42 Å². The molecule has 7 heteroatoms. The molecule has 2 heterocycles. The highest BCUT2D eigenvalue weighted by Crippen LogP contribution is 2.34. The Kier molecular flexibility index (Phi) is 5.46. The predicted molar refractivity (Wildman–Crippen MR) is 103 cm³/mol. The third-order valence-corrected chi connectivity index (χ3v) is 4.48. The summed E-state index contributed by atoms with van der Waals surface area (Å²) >= 11 is 3.50. The topological polar surface area (TPSA) is 62.7 Å². The summed E-state index contributed by atoms with van der Waals surface area (Å²) in [4.78, 5) is 8.97. The molecule has 3 aromatic rings. The Bertz CT molecular complexity index is 946. The van der Waals surface area contributed by atoms with Gasteiger partial charge in [0.15, 0.2) is 5.75 Å². The van der Waals surface area contributed by atoms with E-state index >= 15 is 0 Å². The molecule has 0 fully saturated rings. The number of halogens is 1. The third-order valence-electron chi connectivity index (χ3n) is 3.99. The molecule has 0 amide bonds. The molecule has 0 spiro atoms. The van der Waals surface area contributed by atoms with Gasteiger partial charge >= 0.3 is 0 Å². The van der Waals surface area contributed by atoms with E-state index in [1.165, 1.54) is 7.11 Å². The van der Waals surface area contributed by atoms with Gasteiger partial charge in [-0.2, -0.15) is 4.98 Å². The Balaban J connectivity index is 2.10. The molecule has 0 saturated carbocycles. The van der Waals surface area contributed by atoms with Gasteiger partial charge in [-0.3, -0.25) is 0 Å². The maximum Gasteiger partial charge on any atom is 0.260 e. The Morgan fingerprint density at radius 1 is 0.769 bits per heavy atom. The standard InChI is InChI=1S/C19H19BrN2O4/c1-23-16-10-13(18(25-3)22-19(16)26-4)8-12-7-11-9-14(20)5-6-15(11)21-17(12)24-2/h5-7,9-10H,8H2,1-4H3. The second-order valence-corrected chi connectivity index (χ2v) is 6.45. The van der Waals surface area contributed by atoms with Crippen molar-refractivity contribution in [3.63, 3.8) is 0 Å². The zero-order valence-corrected chi connectivity index (χ0v) is 16.6. The van der Waals surface area contributed by atoms with Crippen LogP contribution < -0.4 is 18.9 Å². The maximum absolute atomic E-state index is 5.49. The number of benzene rings is 1. The van der Waals surface area contributed by atoms with Crippen LogP contribution in [0.3, 0.4) is 0 Å². The van der Waals surface area contributed by atoms with Crippen LogP contribution in [-0.2, 0) is 6.42 Å². The number of aromatic nitrogens is 2. The molecule has 0 aliphatic carbocycles. The Morgan fingerprint density at radius 2 is 1.42 bits per heavy atom. The van der Waals surface area contributed by atoms with Crippen molar-refractivity contribution in [3.05, 3.63) is 45.9 Å². The zero-order valence-electron chi connectivity index (χ0n) is 15.0. The van der Waals surface area contributed by atoms with E-state index in [9.17, 15) is 0 Å². The van der Waals surface area contributed by atoms with Crippen molar-refractivity contribution in [1.82, 2.24) is 9.97 Å². The van der Waals surface area contributed by atoms with Gasteiger partial charge in [0.2, 0.25) is 11.8 Å². The number of ether oxygens (including phenoxy) is 4. The minimum atomic E-state index is 0.376. The summed E-state index contributed by atoms with van der Waals surface area (Å²) in [6, 6.07) is 9.84. The Hall–Kier alpha value is -2.54. The first-order chi connectivity index (χ1) is 12.6. The minimum absolute atomic E-state index is 0.376. The van der Waals surface area contributed by atoms with E-state index in [0.29, 0.717) is 29.8 Å². The number of hydrogen-bond acceptors (Lipinski definition) is 6. The molecule has 136 valence electrons. The highest BCUT2D eigenvalue weighted by atomic mass is 79.9. The molecular formula is C19H19BrN2O4. The lowest BCUT2D eigenvalue weighted by molar-refractivity contribution is 0.327. The van der Waals surface area contributed by atoms with E-state index in [4.69, 9.17) is 18.9 Å². The summed E-state index contributed by atoms with van der Waals surface area (Å²) in [5.74, 6) is 1.95. The van der Waals surface area contributed by atoms with Gasteiger partial charge in [-0.15, -0.1) is 0 Å². The molecule has 0 aliphatic rings. The molecule has 0 unspecified atom stereocenters. The van der Waals surface area contributed by atoms with Gasteiger partial charge in [0, 0.05) is 27.4 Å². The smallest absolute Gasteiger partial charge is 0.260 e. The molecule has 0 atom stereocenters. The number of fused-ring (bicyclic) bond motifs is 1. The lowest BCUT2D eigenvalue weighted by Gasteiger charge is -2.14. The molecule has 0 bridgehead atoms. The average Bonchev–Trinajstić information content (AvgIpc) is 2.66. The largest absolute Gasteiger partial charge is 0.491 e. The van der Waals surface area contributed by atoms with Gasteiger partial charge in [0.25, 0.3) is 5.88 Å². The number of methoxy groups -OCH3 is 4. The van der Waals surface area contributed by atoms with E-state index in [1.54, 1.807) is 21.3 Å². The fourth-order valence-electron chi connectivity index (χ4n) is 2.78. The van der Waals surface area contributed by atoms with Gasteiger partial charge in [0.05, 0.1) is 34.0 Å². The SMILES string of the molecule is COc1cc(Cc2cc3cc(Br)ccc3nc2OC)c(OC)nc1OC. The number of nitrogens with zero attached hydrogens (tertiary/aromatic N) is 2. The molecule has 26 heavy (non-hydrogen) atoms. The second-order valence-electron chi connectivity index (χ2n) is 5.54. The first-order valence-corrected chi connectivity index (χ1v) is 8.68. The average molecular weight is 419 g/mol. The predicted octanol–water partition coefficient (Wildman–Crippen LogP) is 4.02. The lowest BCUT2D eigenvalue weighted by Crippen LogP contribution is -2.03. The van der Waals surface area contributed by atoms with Gasteiger partial charge < -0.3 is 18.9 Å². The molecule has 0 aliphatic heterocycles. The first-order valence-electron chi connectivity index (χ1n) is 7.88. The van der Waals surface area contributed by atoms with Crippen LogP contribution in [0, 0.1) is 0 Å². The van der Waals surface area contributed by atoms with Crippen molar-refractivity contribution in [2.75, 3.05) is 28.4 Å². The monoisotopic (exact) mass is 418 g/mol. The van der Waals surface area contributed by atoms with E-state index in [1.807, 2.05) is 24.3 Å². The molecule has 0 saturated heterocycles. The zero-order chi connectivity index (χ0) is 18.7. The maximum atomic E-state index is 5.49. The quantitative estimate of drug-likeness (QED) is 0.602. The first kappa shape index (κ1) is 18.3. The van der Waals surface area contributed by atoms with Crippen LogP contribution in [0.2, 0.25) is 0 Å². The molecule has 3 rings (SSSR count). The van der Waals surface area contributed by atoms with Gasteiger partial charge in [-0.1, -0.05) is 15.9 Å². The van der Waals surface area contributed by atoms with E-state index in [-0.39, 0.29) is 0 Å². The third kappa shape index (κ3) is 3.53. The van der Waals surface area contributed by atoms with Crippen molar-refractivity contribution in [1.29, 1.82) is 0 Å². The van der Waals surface area contributed by atoms with Crippen molar-refractivity contribution < 1.29 is 18.9 Å². The summed E-state index contributed by atoms with van der Waals surface area (Å²) in [7, 11) is 6.30. The van der Waals surface area contributed by atoms with Crippen LogP contribution in [0.4, 0.5) is 0 Å². The molecular weight excluding hydrogens is 400 g/mol. The summed E-state index contributed by atoms with van der Waals surface area (Å²) in [6.07, 6.45) is 0.523. The lowest BCUT2D eigenvalue weighted by atomic mass is 10.0. The fourth-order valence-corrected chi connectivity index (χ4v) is 3.16. The second kappa shape index (κ2) is 7.78. The van der Waals surface area contributed by atoms with Gasteiger partial charge in [-0.25, -0.2) is 4.98 Å². The normalized spacial score (nSPS) is 10.7. The Labute approximate surface area is 160 Å². The van der Waals surface area contributed by atoms with E-state index < -0.39 is 0 Å². The highest BCUT2D eigenvalue weighted by Gasteiger charge is 2.17. The number of rotatable bonds is 6. The summed E-state index contributed by atoms with van der Waals surface area (Å²) in [6.45, 7) is 0. The van der Waals surface area contributed by atoms with Crippen molar-refractivity contribution in [3.8, 4) is 23.4 Å². The van der Waals surface area contributed by atoms with Crippen LogP contribution >= 0.6 is 15.9 Å². The van der Waals surface area contributed by atoms with Crippen LogP contribution in [0.1, 0.15) is 11.1 Å².